The Morgan fingerprint density at radius 2 is 1.60 bits per heavy atom. The van der Waals surface area contributed by atoms with Gasteiger partial charge in [-0.3, -0.25) is 14.4 Å². The SMILES string of the molecule is CC(=O)NCCNC(=O)CC(C)C(C)=O. The zero-order chi connectivity index (χ0) is 11.8. The van der Waals surface area contributed by atoms with Crippen LogP contribution in [0.4, 0.5) is 0 Å². The van der Waals surface area contributed by atoms with Gasteiger partial charge in [-0.05, 0) is 6.92 Å². The molecular formula is C10H18N2O3. The van der Waals surface area contributed by atoms with E-state index < -0.39 is 0 Å². The number of carbonyl (C=O) groups is 3. The summed E-state index contributed by atoms with van der Waals surface area (Å²) in [6, 6.07) is 0. The minimum absolute atomic E-state index is 0.00649. The quantitative estimate of drug-likeness (QED) is 0.604. The van der Waals surface area contributed by atoms with Crippen molar-refractivity contribution in [1.82, 2.24) is 10.6 Å². The minimum Gasteiger partial charge on any atom is -0.355 e. The molecule has 0 spiro atoms. The van der Waals surface area contributed by atoms with Gasteiger partial charge in [0, 0.05) is 32.4 Å². The van der Waals surface area contributed by atoms with Gasteiger partial charge in [-0.2, -0.15) is 0 Å². The summed E-state index contributed by atoms with van der Waals surface area (Å²) in [4.78, 5) is 32.6. The second-order valence-corrected chi connectivity index (χ2v) is 3.55. The molecule has 2 amide bonds. The van der Waals surface area contributed by atoms with Crippen LogP contribution in [0.15, 0.2) is 0 Å². The smallest absolute Gasteiger partial charge is 0.220 e. The van der Waals surface area contributed by atoms with E-state index in [0.717, 1.165) is 0 Å². The molecule has 5 heteroatoms. The summed E-state index contributed by atoms with van der Waals surface area (Å²) in [5, 5.41) is 5.17. The molecule has 0 aliphatic carbocycles. The number of hydrogen-bond acceptors (Lipinski definition) is 3. The van der Waals surface area contributed by atoms with Crippen molar-refractivity contribution in [3.8, 4) is 0 Å². The molecule has 0 radical (unpaired) electrons. The molecule has 1 unspecified atom stereocenters. The van der Waals surface area contributed by atoms with Gasteiger partial charge in [0.05, 0.1) is 0 Å². The number of amides is 2. The Morgan fingerprint density at radius 3 is 2.07 bits per heavy atom. The third-order valence-corrected chi connectivity index (χ3v) is 2.01. The Bertz CT molecular complexity index is 251. The Labute approximate surface area is 89.6 Å². The summed E-state index contributed by atoms with van der Waals surface area (Å²) in [5.41, 5.74) is 0. The van der Waals surface area contributed by atoms with Gasteiger partial charge in [0.1, 0.15) is 5.78 Å². The van der Waals surface area contributed by atoms with Crippen LogP contribution >= 0.6 is 0 Å². The summed E-state index contributed by atoms with van der Waals surface area (Å²) >= 11 is 0. The lowest BCUT2D eigenvalue weighted by Crippen LogP contribution is -2.34. The molecule has 86 valence electrons. The number of ketones is 1. The van der Waals surface area contributed by atoms with Crippen molar-refractivity contribution in [1.29, 1.82) is 0 Å². The van der Waals surface area contributed by atoms with Crippen LogP contribution in [0, 0.1) is 5.92 Å². The van der Waals surface area contributed by atoms with Gasteiger partial charge in [-0.1, -0.05) is 6.92 Å². The van der Waals surface area contributed by atoms with E-state index in [1.807, 2.05) is 0 Å². The molecule has 0 aliphatic rings. The van der Waals surface area contributed by atoms with Crippen molar-refractivity contribution in [2.45, 2.75) is 27.2 Å². The molecule has 0 aromatic rings. The summed E-state index contributed by atoms with van der Waals surface area (Å²) in [7, 11) is 0. The number of carbonyl (C=O) groups excluding carboxylic acids is 3. The maximum atomic E-state index is 11.2. The fourth-order valence-corrected chi connectivity index (χ4v) is 0.934. The van der Waals surface area contributed by atoms with Gasteiger partial charge in [-0.25, -0.2) is 0 Å². The summed E-state index contributed by atoms with van der Waals surface area (Å²) in [6.45, 7) is 5.41. The van der Waals surface area contributed by atoms with Crippen LogP contribution in [0.5, 0.6) is 0 Å². The van der Waals surface area contributed by atoms with Crippen molar-refractivity contribution in [2.75, 3.05) is 13.1 Å². The van der Waals surface area contributed by atoms with Gasteiger partial charge < -0.3 is 10.6 Å². The van der Waals surface area contributed by atoms with Crippen LogP contribution < -0.4 is 10.6 Å². The van der Waals surface area contributed by atoms with Gasteiger partial charge in [0.25, 0.3) is 0 Å². The highest BCUT2D eigenvalue weighted by molar-refractivity contribution is 5.85. The average molecular weight is 214 g/mol. The van der Waals surface area contributed by atoms with E-state index in [1.54, 1.807) is 6.92 Å². The topological polar surface area (TPSA) is 75.3 Å². The first-order chi connectivity index (χ1) is 6.93. The first-order valence-corrected chi connectivity index (χ1v) is 4.95. The van der Waals surface area contributed by atoms with E-state index in [4.69, 9.17) is 0 Å². The van der Waals surface area contributed by atoms with Gasteiger partial charge in [0.15, 0.2) is 0 Å². The van der Waals surface area contributed by atoms with E-state index >= 15 is 0 Å². The average Bonchev–Trinajstić information content (AvgIpc) is 2.12. The van der Waals surface area contributed by atoms with Crippen molar-refractivity contribution in [3.63, 3.8) is 0 Å². The van der Waals surface area contributed by atoms with E-state index in [9.17, 15) is 14.4 Å². The summed E-state index contributed by atoms with van der Waals surface area (Å²) in [5.74, 6) is -0.526. The second-order valence-electron chi connectivity index (χ2n) is 3.55. The van der Waals surface area contributed by atoms with Crippen LogP contribution in [0.25, 0.3) is 0 Å². The van der Waals surface area contributed by atoms with Crippen molar-refractivity contribution in [2.24, 2.45) is 5.92 Å². The number of hydrogen-bond donors (Lipinski definition) is 2. The van der Waals surface area contributed by atoms with Gasteiger partial charge in [0.2, 0.25) is 11.8 Å². The van der Waals surface area contributed by atoms with Gasteiger partial charge >= 0.3 is 0 Å². The van der Waals surface area contributed by atoms with Crippen molar-refractivity contribution >= 4 is 17.6 Å². The lowest BCUT2D eigenvalue weighted by molar-refractivity contribution is -0.127. The molecule has 0 bridgehead atoms. The molecule has 0 saturated heterocycles. The van der Waals surface area contributed by atoms with Crippen LogP contribution in [0.1, 0.15) is 27.2 Å². The lowest BCUT2D eigenvalue weighted by Gasteiger charge is -2.08. The van der Waals surface area contributed by atoms with Crippen LogP contribution in [-0.4, -0.2) is 30.7 Å². The fourth-order valence-electron chi connectivity index (χ4n) is 0.934. The molecule has 0 aliphatic heterocycles. The number of Topliss-reactive ketones (excluding diaryl/α,β-unsaturated/α-hetero) is 1. The predicted octanol–water partition coefficient (Wildman–Crippen LogP) is -0.146. The molecular weight excluding hydrogens is 196 g/mol. The molecule has 2 N–H and O–H groups in total. The first kappa shape index (κ1) is 13.6. The predicted molar refractivity (Wildman–Crippen MR) is 56.2 cm³/mol. The summed E-state index contributed by atoms with van der Waals surface area (Å²) < 4.78 is 0. The number of nitrogens with one attached hydrogen (secondary N) is 2. The van der Waals surface area contributed by atoms with Crippen LogP contribution in [-0.2, 0) is 14.4 Å². The molecule has 0 heterocycles. The molecule has 5 nitrogen and oxygen atoms in total. The lowest BCUT2D eigenvalue weighted by atomic mass is 10.0. The molecule has 0 aromatic heterocycles. The third kappa shape index (κ3) is 7.66. The largest absolute Gasteiger partial charge is 0.355 e. The third-order valence-electron chi connectivity index (χ3n) is 2.01. The Kier molecular flexibility index (Phi) is 6.33. The van der Waals surface area contributed by atoms with Crippen molar-refractivity contribution in [3.05, 3.63) is 0 Å². The normalized spacial score (nSPS) is 11.7. The Balaban J connectivity index is 3.58. The second kappa shape index (κ2) is 6.98. The molecule has 0 aromatic carbocycles. The highest BCUT2D eigenvalue weighted by Crippen LogP contribution is 2.01. The van der Waals surface area contributed by atoms with Crippen LogP contribution in [0.3, 0.4) is 0 Å². The van der Waals surface area contributed by atoms with E-state index in [-0.39, 0.29) is 29.9 Å². The highest BCUT2D eigenvalue weighted by atomic mass is 16.2. The van der Waals surface area contributed by atoms with Crippen LogP contribution in [0.2, 0.25) is 0 Å². The van der Waals surface area contributed by atoms with E-state index in [2.05, 4.69) is 10.6 Å². The Morgan fingerprint density at radius 1 is 1.07 bits per heavy atom. The van der Waals surface area contributed by atoms with E-state index in [0.29, 0.717) is 13.1 Å². The summed E-state index contributed by atoms with van der Waals surface area (Å²) in [6.07, 6.45) is 0.204. The Hall–Kier alpha value is -1.39. The molecule has 15 heavy (non-hydrogen) atoms. The standard InChI is InChI=1S/C10H18N2O3/c1-7(8(2)13)6-10(15)12-5-4-11-9(3)14/h7H,4-6H2,1-3H3,(H,11,14)(H,12,15). The maximum Gasteiger partial charge on any atom is 0.220 e. The maximum absolute atomic E-state index is 11.2. The molecule has 1 atom stereocenters. The first-order valence-electron chi connectivity index (χ1n) is 4.95. The molecule has 0 fully saturated rings. The monoisotopic (exact) mass is 214 g/mol. The number of rotatable bonds is 6. The molecule has 0 saturated carbocycles. The minimum atomic E-state index is -0.245. The highest BCUT2D eigenvalue weighted by Gasteiger charge is 2.12. The molecule has 0 rings (SSSR count). The van der Waals surface area contributed by atoms with E-state index in [1.165, 1.54) is 13.8 Å². The van der Waals surface area contributed by atoms with Crippen molar-refractivity contribution < 1.29 is 14.4 Å². The zero-order valence-corrected chi connectivity index (χ0v) is 9.42. The fraction of sp³-hybridized carbons (Fsp3) is 0.700. The van der Waals surface area contributed by atoms with Gasteiger partial charge in [-0.15, -0.1) is 0 Å². The zero-order valence-electron chi connectivity index (χ0n) is 9.42.